The Morgan fingerprint density at radius 1 is 1.13 bits per heavy atom. The lowest BCUT2D eigenvalue weighted by atomic mass is 9.89. The Balaban J connectivity index is 1.47. The molecule has 1 aliphatic carbocycles. The molecule has 0 spiro atoms. The van der Waals surface area contributed by atoms with Crippen LogP contribution in [0.4, 0.5) is 0 Å². The number of amides is 1. The summed E-state index contributed by atoms with van der Waals surface area (Å²) in [6.45, 7) is 4.08. The normalized spacial score (nSPS) is 22.0. The van der Waals surface area contributed by atoms with E-state index in [4.69, 9.17) is 10.5 Å². The fourth-order valence-corrected chi connectivity index (χ4v) is 4.89. The van der Waals surface area contributed by atoms with Gasteiger partial charge in [-0.3, -0.25) is 9.69 Å². The first-order chi connectivity index (χ1) is 14.7. The molecule has 2 unspecified atom stereocenters. The van der Waals surface area contributed by atoms with E-state index in [1.165, 1.54) is 29.5 Å². The molecule has 0 radical (unpaired) electrons. The van der Waals surface area contributed by atoms with Crippen molar-refractivity contribution in [2.45, 2.75) is 57.5 Å². The number of nitrogens with two attached hydrogens (primary N) is 1. The van der Waals surface area contributed by atoms with E-state index in [0.717, 1.165) is 44.6 Å². The number of hydrogen-bond donors (Lipinski definition) is 1. The second-order valence-electron chi connectivity index (χ2n) is 8.38. The number of carbonyl (C=O) groups is 1. The van der Waals surface area contributed by atoms with Crippen LogP contribution in [0.3, 0.4) is 0 Å². The number of primary amides is 1. The smallest absolute Gasteiger partial charge is 0.248 e. The Morgan fingerprint density at radius 3 is 2.63 bits per heavy atom. The van der Waals surface area contributed by atoms with Gasteiger partial charge in [0.05, 0.1) is 6.61 Å². The monoisotopic (exact) mass is 404 g/mol. The summed E-state index contributed by atoms with van der Waals surface area (Å²) in [5, 5.41) is 0. The predicted octanol–water partition coefficient (Wildman–Crippen LogP) is 5.35. The molecule has 158 valence electrons. The fourth-order valence-electron chi connectivity index (χ4n) is 4.89. The van der Waals surface area contributed by atoms with Gasteiger partial charge in [0.15, 0.2) is 0 Å². The molecule has 1 saturated heterocycles. The highest BCUT2D eigenvalue weighted by Crippen LogP contribution is 2.41. The molecule has 0 saturated carbocycles. The van der Waals surface area contributed by atoms with Crippen LogP contribution in [0.2, 0.25) is 0 Å². The number of likely N-dealkylation sites (tertiary alicyclic amines) is 1. The zero-order valence-electron chi connectivity index (χ0n) is 17.8. The highest BCUT2D eigenvalue weighted by molar-refractivity contribution is 5.93. The predicted molar refractivity (Wildman–Crippen MR) is 121 cm³/mol. The van der Waals surface area contributed by atoms with Crippen LogP contribution in [0, 0.1) is 0 Å². The van der Waals surface area contributed by atoms with Gasteiger partial charge in [0.25, 0.3) is 0 Å². The number of carbonyl (C=O) groups excluding carboxylic acids is 1. The van der Waals surface area contributed by atoms with Crippen LogP contribution in [-0.2, 0) is 0 Å². The van der Waals surface area contributed by atoms with Crippen molar-refractivity contribution in [3.8, 4) is 5.75 Å². The Kier molecular flexibility index (Phi) is 6.53. The molecule has 2 aliphatic rings. The van der Waals surface area contributed by atoms with Crippen LogP contribution in [0.15, 0.2) is 54.6 Å². The lowest BCUT2D eigenvalue weighted by molar-refractivity contribution is 0.100. The summed E-state index contributed by atoms with van der Waals surface area (Å²) in [6.07, 6.45) is 9.17. The van der Waals surface area contributed by atoms with Gasteiger partial charge in [-0.1, -0.05) is 43.3 Å². The van der Waals surface area contributed by atoms with Crippen molar-refractivity contribution >= 4 is 11.5 Å². The Hall–Kier alpha value is -2.59. The Bertz CT molecular complexity index is 904. The fraction of sp³-hybridized carbons (Fsp3) is 0.423. The average Bonchev–Trinajstić information content (AvgIpc) is 3.28. The zero-order valence-corrected chi connectivity index (χ0v) is 17.8. The summed E-state index contributed by atoms with van der Waals surface area (Å²) >= 11 is 0. The van der Waals surface area contributed by atoms with E-state index in [-0.39, 0.29) is 5.91 Å². The van der Waals surface area contributed by atoms with Gasteiger partial charge in [-0.15, -0.1) is 0 Å². The van der Waals surface area contributed by atoms with E-state index in [0.29, 0.717) is 17.6 Å². The molecule has 2 atom stereocenters. The lowest BCUT2D eigenvalue weighted by Crippen LogP contribution is -2.35. The molecule has 1 heterocycles. The number of nitrogens with zero attached hydrogens (tertiary/aromatic N) is 1. The van der Waals surface area contributed by atoms with Crippen LogP contribution in [0.5, 0.6) is 5.75 Å². The van der Waals surface area contributed by atoms with Crippen LogP contribution in [-0.4, -0.2) is 30.0 Å². The number of rotatable bonds is 7. The standard InChI is InChI=1S/C26H32N2O2/c1-2-18-30-25-8-4-3-6-23(25)24-7-5-17-28(24)22-15-13-20(14-16-22)19-9-11-21(12-10-19)26(27)29/h3-4,6,8-13,22,24H,2,5,7,14-18H2,1H3,(H2,27,29). The summed E-state index contributed by atoms with van der Waals surface area (Å²) in [5.41, 5.74) is 9.86. The number of allylic oxidation sites excluding steroid dienone is 1. The molecule has 1 fully saturated rings. The minimum atomic E-state index is -0.373. The molecule has 1 aliphatic heterocycles. The van der Waals surface area contributed by atoms with E-state index in [2.05, 4.69) is 42.2 Å². The highest BCUT2D eigenvalue weighted by atomic mass is 16.5. The maximum Gasteiger partial charge on any atom is 0.248 e. The van der Waals surface area contributed by atoms with Crippen molar-refractivity contribution in [1.82, 2.24) is 4.90 Å². The van der Waals surface area contributed by atoms with Crippen molar-refractivity contribution in [3.63, 3.8) is 0 Å². The van der Waals surface area contributed by atoms with Gasteiger partial charge in [0.1, 0.15) is 5.75 Å². The minimum Gasteiger partial charge on any atom is -0.493 e. The lowest BCUT2D eigenvalue weighted by Gasteiger charge is -2.36. The zero-order chi connectivity index (χ0) is 20.9. The summed E-state index contributed by atoms with van der Waals surface area (Å²) in [4.78, 5) is 14.0. The maximum absolute atomic E-state index is 11.3. The maximum atomic E-state index is 11.3. The van der Waals surface area contributed by atoms with E-state index >= 15 is 0 Å². The summed E-state index contributed by atoms with van der Waals surface area (Å²) in [6, 6.07) is 17.3. The Morgan fingerprint density at radius 2 is 1.93 bits per heavy atom. The molecule has 2 N–H and O–H groups in total. The third-order valence-corrected chi connectivity index (χ3v) is 6.43. The second-order valence-corrected chi connectivity index (χ2v) is 8.38. The van der Waals surface area contributed by atoms with Crippen molar-refractivity contribution < 1.29 is 9.53 Å². The molecule has 30 heavy (non-hydrogen) atoms. The van der Waals surface area contributed by atoms with Gasteiger partial charge >= 0.3 is 0 Å². The van der Waals surface area contributed by atoms with Crippen molar-refractivity contribution in [2.75, 3.05) is 13.2 Å². The summed E-state index contributed by atoms with van der Waals surface area (Å²) in [7, 11) is 0. The quantitative estimate of drug-likeness (QED) is 0.677. The van der Waals surface area contributed by atoms with Crippen molar-refractivity contribution in [1.29, 1.82) is 0 Å². The van der Waals surface area contributed by atoms with E-state index in [1.807, 2.05) is 24.3 Å². The number of ether oxygens (including phenoxy) is 1. The van der Waals surface area contributed by atoms with Crippen LogP contribution in [0.25, 0.3) is 5.57 Å². The average molecular weight is 405 g/mol. The topological polar surface area (TPSA) is 55.6 Å². The van der Waals surface area contributed by atoms with Gasteiger partial charge in [-0.25, -0.2) is 0 Å². The van der Waals surface area contributed by atoms with Gasteiger partial charge in [0, 0.05) is 23.2 Å². The summed E-state index contributed by atoms with van der Waals surface area (Å²) in [5.74, 6) is 0.681. The molecule has 2 aromatic rings. The molecule has 0 aromatic heterocycles. The van der Waals surface area contributed by atoms with Gasteiger partial charge < -0.3 is 10.5 Å². The first-order valence-corrected chi connectivity index (χ1v) is 11.2. The molecule has 4 heteroatoms. The van der Waals surface area contributed by atoms with E-state index in [9.17, 15) is 4.79 Å². The highest BCUT2D eigenvalue weighted by Gasteiger charge is 2.33. The molecular formula is C26H32N2O2. The van der Waals surface area contributed by atoms with Gasteiger partial charge in [0.2, 0.25) is 5.91 Å². The molecule has 1 amide bonds. The van der Waals surface area contributed by atoms with Gasteiger partial charge in [-0.2, -0.15) is 0 Å². The van der Waals surface area contributed by atoms with Crippen LogP contribution >= 0.6 is 0 Å². The van der Waals surface area contributed by atoms with Crippen molar-refractivity contribution in [2.24, 2.45) is 5.73 Å². The largest absolute Gasteiger partial charge is 0.493 e. The van der Waals surface area contributed by atoms with Crippen molar-refractivity contribution in [3.05, 3.63) is 71.3 Å². The number of hydrogen-bond acceptors (Lipinski definition) is 3. The number of para-hydroxylation sites is 1. The third-order valence-electron chi connectivity index (χ3n) is 6.43. The molecule has 0 bridgehead atoms. The SMILES string of the molecule is CCCOc1ccccc1C1CCCN1C1CC=C(c2ccc(C(N)=O)cc2)CC1. The first kappa shape index (κ1) is 20.7. The van der Waals surface area contributed by atoms with Crippen LogP contribution < -0.4 is 10.5 Å². The Labute approximate surface area is 179 Å². The second kappa shape index (κ2) is 9.48. The first-order valence-electron chi connectivity index (χ1n) is 11.2. The minimum absolute atomic E-state index is 0.373. The summed E-state index contributed by atoms with van der Waals surface area (Å²) < 4.78 is 6.06. The van der Waals surface area contributed by atoms with E-state index < -0.39 is 0 Å². The van der Waals surface area contributed by atoms with Gasteiger partial charge in [-0.05, 0) is 74.4 Å². The van der Waals surface area contributed by atoms with Crippen LogP contribution in [0.1, 0.15) is 73.0 Å². The molecule has 2 aromatic carbocycles. The molecular weight excluding hydrogens is 372 g/mol. The molecule has 4 rings (SSSR count). The number of benzene rings is 2. The molecule has 4 nitrogen and oxygen atoms in total. The van der Waals surface area contributed by atoms with E-state index in [1.54, 1.807) is 0 Å². The third kappa shape index (κ3) is 4.44.